The quantitative estimate of drug-likeness (QED) is 0.369. The predicted octanol–water partition coefficient (Wildman–Crippen LogP) is 2.33. The van der Waals surface area contributed by atoms with Gasteiger partial charge in [-0.2, -0.15) is 0 Å². The maximum absolute atomic E-state index is 5.09. The maximum atomic E-state index is 5.09. The Labute approximate surface area is 145 Å². The highest BCUT2D eigenvalue weighted by Crippen LogP contribution is 2.17. The van der Waals surface area contributed by atoms with Gasteiger partial charge in [-0.05, 0) is 45.5 Å². The number of ether oxygens (including phenoxy) is 1. The van der Waals surface area contributed by atoms with Crippen LogP contribution in [0.4, 0.5) is 0 Å². The molecule has 0 saturated heterocycles. The van der Waals surface area contributed by atoms with Crippen LogP contribution in [0.5, 0.6) is 0 Å². The van der Waals surface area contributed by atoms with Crippen LogP contribution in [-0.2, 0) is 17.7 Å². The lowest BCUT2D eigenvalue weighted by atomic mass is 10.3. The van der Waals surface area contributed by atoms with Gasteiger partial charge >= 0.3 is 0 Å². The van der Waals surface area contributed by atoms with E-state index in [0.717, 1.165) is 58.1 Å². The third kappa shape index (κ3) is 8.93. The first-order chi connectivity index (χ1) is 11.2. The molecule has 132 valence electrons. The van der Waals surface area contributed by atoms with Gasteiger partial charge in [-0.15, -0.1) is 11.3 Å². The standard InChI is InChI=1S/C17H32N4OS/c1-5-15-8-9-16(23-15)14-20-17(18-6-2)19-10-7-11-21(3)12-13-22-4/h8-9H,5-7,10-14H2,1-4H3,(H2,18,19,20). The molecule has 0 atom stereocenters. The first kappa shape index (κ1) is 19.9. The van der Waals surface area contributed by atoms with Crippen LogP contribution in [0.2, 0.25) is 0 Å². The van der Waals surface area contributed by atoms with Gasteiger partial charge in [-0.3, -0.25) is 0 Å². The largest absolute Gasteiger partial charge is 0.383 e. The van der Waals surface area contributed by atoms with Crippen molar-refractivity contribution in [1.29, 1.82) is 0 Å². The number of aliphatic imine (C=N–C) groups is 1. The molecule has 0 bridgehead atoms. The van der Waals surface area contributed by atoms with E-state index in [9.17, 15) is 0 Å². The van der Waals surface area contributed by atoms with Gasteiger partial charge < -0.3 is 20.3 Å². The Hall–Kier alpha value is -1.11. The monoisotopic (exact) mass is 340 g/mol. The molecule has 2 N–H and O–H groups in total. The SMILES string of the molecule is CCNC(=NCc1ccc(CC)s1)NCCCN(C)CCOC. The van der Waals surface area contributed by atoms with Crippen molar-refractivity contribution >= 4 is 17.3 Å². The third-order valence-electron chi connectivity index (χ3n) is 3.49. The minimum Gasteiger partial charge on any atom is -0.383 e. The minimum absolute atomic E-state index is 0.744. The summed E-state index contributed by atoms with van der Waals surface area (Å²) in [4.78, 5) is 9.70. The first-order valence-electron chi connectivity index (χ1n) is 8.46. The fourth-order valence-corrected chi connectivity index (χ4v) is 2.99. The van der Waals surface area contributed by atoms with Crippen molar-refractivity contribution in [2.24, 2.45) is 4.99 Å². The van der Waals surface area contributed by atoms with Crippen molar-refractivity contribution in [2.75, 3.05) is 46.9 Å². The van der Waals surface area contributed by atoms with Crippen molar-refractivity contribution in [3.8, 4) is 0 Å². The summed E-state index contributed by atoms with van der Waals surface area (Å²) in [5, 5.41) is 6.71. The zero-order chi connectivity index (χ0) is 16.9. The number of guanidine groups is 1. The molecular weight excluding hydrogens is 308 g/mol. The normalized spacial score (nSPS) is 12.0. The van der Waals surface area contributed by atoms with E-state index in [1.165, 1.54) is 9.75 Å². The molecule has 1 aromatic heterocycles. The number of nitrogens with zero attached hydrogens (tertiary/aromatic N) is 2. The molecule has 0 amide bonds. The van der Waals surface area contributed by atoms with Crippen LogP contribution in [0, 0.1) is 0 Å². The van der Waals surface area contributed by atoms with Crippen LogP contribution in [0.15, 0.2) is 17.1 Å². The lowest BCUT2D eigenvalue weighted by Gasteiger charge is -2.16. The van der Waals surface area contributed by atoms with Gasteiger partial charge in [-0.1, -0.05) is 6.92 Å². The van der Waals surface area contributed by atoms with E-state index >= 15 is 0 Å². The number of rotatable bonds is 11. The Morgan fingerprint density at radius 1 is 1.22 bits per heavy atom. The second-order valence-corrected chi connectivity index (χ2v) is 6.75. The minimum atomic E-state index is 0.744. The lowest BCUT2D eigenvalue weighted by Crippen LogP contribution is -2.38. The van der Waals surface area contributed by atoms with Gasteiger partial charge in [0, 0.05) is 36.5 Å². The van der Waals surface area contributed by atoms with Crippen molar-refractivity contribution in [1.82, 2.24) is 15.5 Å². The smallest absolute Gasteiger partial charge is 0.191 e. The fourth-order valence-electron chi connectivity index (χ4n) is 2.11. The number of hydrogen-bond acceptors (Lipinski definition) is 4. The molecular formula is C17H32N4OS. The second kappa shape index (κ2) is 12.3. The van der Waals surface area contributed by atoms with Gasteiger partial charge in [0.2, 0.25) is 0 Å². The summed E-state index contributed by atoms with van der Waals surface area (Å²) in [6.45, 7) is 9.65. The fraction of sp³-hybridized carbons (Fsp3) is 0.706. The molecule has 0 fully saturated rings. The van der Waals surface area contributed by atoms with Gasteiger partial charge in [0.15, 0.2) is 5.96 Å². The topological polar surface area (TPSA) is 48.9 Å². The molecule has 1 rings (SSSR count). The third-order valence-corrected chi connectivity index (χ3v) is 4.70. The highest BCUT2D eigenvalue weighted by molar-refractivity contribution is 7.11. The van der Waals surface area contributed by atoms with E-state index in [2.05, 4.69) is 53.6 Å². The van der Waals surface area contributed by atoms with Gasteiger partial charge in [-0.25, -0.2) is 4.99 Å². The van der Waals surface area contributed by atoms with Crippen molar-refractivity contribution in [2.45, 2.75) is 33.2 Å². The predicted molar refractivity (Wildman–Crippen MR) is 101 cm³/mol. The molecule has 0 spiro atoms. The van der Waals surface area contributed by atoms with Crippen LogP contribution in [0.1, 0.15) is 30.0 Å². The number of likely N-dealkylation sites (N-methyl/N-ethyl adjacent to an activating group) is 1. The zero-order valence-corrected chi connectivity index (χ0v) is 15.8. The summed E-state index contributed by atoms with van der Waals surface area (Å²) in [5.74, 6) is 0.901. The second-order valence-electron chi connectivity index (χ2n) is 5.49. The molecule has 0 unspecified atom stereocenters. The van der Waals surface area contributed by atoms with Gasteiger partial charge in [0.1, 0.15) is 0 Å². The van der Waals surface area contributed by atoms with Crippen molar-refractivity contribution in [3.63, 3.8) is 0 Å². The zero-order valence-electron chi connectivity index (χ0n) is 15.0. The number of methoxy groups -OCH3 is 1. The molecule has 0 aliphatic heterocycles. The lowest BCUT2D eigenvalue weighted by molar-refractivity contribution is 0.161. The van der Waals surface area contributed by atoms with E-state index < -0.39 is 0 Å². The molecule has 5 nitrogen and oxygen atoms in total. The maximum Gasteiger partial charge on any atom is 0.191 e. The summed E-state index contributed by atoms with van der Waals surface area (Å²) in [6.07, 6.45) is 2.19. The average molecular weight is 341 g/mol. The van der Waals surface area contributed by atoms with Crippen LogP contribution in [0.25, 0.3) is 0 Å². The van der Waals surface area contributed by atoms with Crippen LogP contribution >= 0.6 is 11.3 Å². The average Bonchev–Trinajstić information content (AvgIpc) is 3.02. The molecule has 6 heteroatoms. The van der Waals surface area contributed by atoms with E-state index in [4.69, 9.17) is 4.74 Å². The Kier molecular flexibility index (Phi) is 10.7. The Balaban J connectivity index is 2.31. The van der Waals surface area contributed by atoms with E-state index in [-0.39, 0.29) is 0 Å². The Bertz CT molecular complexity index is 448. The van der Waals surface area contributed by atoms with Gasteiger partial charge in [0.25, 0.3) is 0 Å². The molecule has 0 radical (unpaired) electrons. The van der Waals surface area contributed by atoms with Gasteiger partial charge in [0.05, 0.1) is 13.2 Å². The summed E-state index contributed by atoms with van der Waals surface area (Å²) < 4.78 is 5.09. The van der Waals surface area contributed by atoms with E-state index in [1.807, 2.05) is 11.3 Å². The summed E-state index contributed by atoms with van der Waals surface area (Å²) in [6, 6.07) is 4.38. The number of thiophene rings is 1. The van der Waals surface area contributed by atoms with Crippen LogP contribution in [-0.4, -0.2) is 57.8 Å². The van der Waals surface area contributed by atoms with E-state index in [0.29, 0.717) is 0 Å². The van der Waals surface area contributed by atoms with E-state index in [1.54, 1.807) is 7.11 Å². The number of aryl methyl sites for hydroxylation is 1. The molecule has 0 aliphatic rings. The molecule has 0 aliphatic carbocycles. The highest BCUT2D eigenvalue weighted by Gasteiger charge is 2.01. The highest BCUT2D eigenvalue weighted by atomic mass is 32.1. The first-order valence-corrected chi connectivity index (χ1v) is 9.28. The Morgan fingerprint density at radius 3 is 2.65 bits per heavy atom. The van der Waals surface area contributed by atoms with Crippen molar-refractivity contribution in [3.05, 3.63) is 21.9 Å². The summed E-state index contributed by atoms with van der Waals surface area (Å²) in [7, 11) is 3.87. The van der Waals surface area contributed by atoms with Crippen LogP contribution in [0.3, 0.4) is 0 Å². The molecule has 1 heterocycles. The number of hydrogen-bond donors (Lipinski definition) is 2. The molecule has 23 heavy (non-hydrogen) atoms. The molecule has 1 aromatic rings. The molecule has 0 saturated carbocycles. The van der Waals surface area contributed by atoms with Crippen molar-refractivity contribution < 1.29 is 4.74 Å². The Morgan fingerprint density at radius 2 is 2.00 bits per heavy atom. The summed E-state index contributed by atoms with van der Waals surface area (Å²) >= 11 is 1.85. The van der Waals surface area contributed by atoms with Crippen LogP contribution < -0.4 is 10.6 Å². The number of nitrogens with one attached hydrogen (secondary N) is 2. The molecule has 0 aromatic carbocycles. The summed E-state index contributed by atoms with van der Waals surface area (Å²) in [5.41, 5.74) is 0.